The van der Waals surface area contributed by atoms with Crippen LogP contribution in [-0.2, 0) is 47.8 Å². The molecule has 0 saturated heterocycles. The predicted octanol–water partition coefficient (Wildman–Crippen LogP) is 16.8. The number of benzene rings is 2. The topological polar surface area (TPSA) is 52.4 Å². The molecule has 4 heterocycles. The lowest BCUT2D eigenvalue weighted by molar-refractivity contribution is -0.697. The van der Waals surface area contributed by atoms with Gasteiger partial charge in [0.05, 0.1) is 26.4 Å². The highest BCUT2D eigenvalue weighted by Gasteiger charge is 2.18. The standard InChI is InChI=1S/C74H108N4O4/c1-71(2,3)63-31-43-75(44-32-63)39-21-13-17-25-51-79-67-55-61(56-68(59-67)80-52-26-18-14-22-40-76-45-33-64(34-46-76)72(4,5)6)29-30-62-57-69(81-53-27-19-15-23-41-77-47-35-65(36-48-77)73(7,8)9)60-70(58-62)82-54-28-20-16-24-42-78-49-37-66(38-50-78)74(10,11)12/h29-38,43-50,55-60H,13-28,39-42,51-54H2,1-12H3/q+4/b30-29+. The number of rotatable bonds is 34. The van der Waals surface area contributed by atoms with Crippen LogP contribution in [0.2, 0.25) is 0 Å². The molecular weight excluding hydrogens is 1010 g/mol. The Bertz CT molecular complexity index is 2400. The number of hydrogen-bond acceptors (Lipinski definition) is 4. The zero-order valence-electron chi connectivity index (χ0n) is 53.2. The van der Waals surface area contributed by atoms with Gasteiger partial charge in [-0.25, -0.2) is 18.3 Å². The molecule has 4 aromatic heterocycles. The van der Waals surface area contributed by atoms with E-state index < -0.39 is 0 Å². The second-order valence-corrected chi connectivity index (χ2v) is 27.2. The van der Waals surface area contributed by atoms with E-state index in [1.807, 2.05) is 0 Å². The van der Waals surface area contributed by atoms with Gasteiger partial charge in [0.2, 0.25) is 0 Å². The summed E-state index contributed by atoms with van der Waals surface area (Å²) in [5, 5.41) is 0. The highest BCUT2D eigenvalue weighted by Crippen LogP contribution is 2.29. The monoisotopic (exact) mass is 1120 g/mol. The van der Waals surface area contributed by atoms with E-state index in [4.69, 9.17) is 18.9 Å². The summed E-state index contributed by atoms with van der Waals surface area (Å²) in [5.74, 6) is 3.38. The summed E-state index contributed by atoms with van der Waals surface area (Å²) >= 11 is 0. The van der Waals surface area contributed by atoms with Crippen LogP contribution in [0.15, 0.2) is 135 Å². The molecule has 6 rings (SSSR count). The smallest absolute Gasteiger partial charge is 0.169 e. The van der Waals surface area contributed by atoms with Crippen LogP contribution in [0.25, 0.3) is 12.2 Å². The number of nitrogens with zero attached hydrogens (tertiary/aromatic N) is 4. The van der Waals surface area contributed by atoms with Gasteiger partial charge in [0.1, 0.15) is 49.2 Å². The number of unbranched alkanes of at least 4 members (excludes halogenated alkanes) is 12. The van der Waals surface area contributed by atoms with Gasteiger partial charge in [-0.05, 0) is 156 Å². The molecule has 0 aliphatic heterocycles. The first-order valence-electron chi connectivity index (χ1n) is 31.7. The van der Waals surface area contributed by atoms with Crippen LogP contribution in [0.5, 0.6) is 23.0 Å². The van der Waals surface area contributed by atoms with E-state index in [9.17, 15) is 0 Å². The second-order valence-electron chi connectivity index (χ2n) is 27.2. The minimum absolute atomic E-state index is 0.170. The molecule has 2 aromatic carbocycles. The van der Waals surface area contributed by atoms with Crippen LogP contribution >= 0.6 is 0 Å². The van der Waals surface area contributed by atoms with Crippen molar-refractivity contribution in [2.24, 2.45) is 0 Å². The van der Waals surface area contributed by atoms with Crippen LogP contribution in [0.3, 0.4) is 0 Å². The minimum Gasteiger partial charge on any atom is -0.493 e. The van der Waals surface area contributed by atoms with Crippen LogP contribution < -0.4 is 37.2 Å². The molecule has 6 aromatic rings. The molecule has 0 N–H and O–H groups in total. The highest BCUT2D eigenvalue weighted by atomic mass is 16.5. The van der Waals surface area contributed by atoms with Crippen LogP contribution in [-0.4, -0.2) is 26.4 Å². The summed E-state index contributed by atoms with van der Waals surface area (Å²) in [6, 6.07) is 30.8. The molecule has 0 fully saturated rings. The van der Waals surface area contributed by atoms with Gasteiger partial charge >= 0.3 is 0 Å². The summed E-state index contributed by atoms with van der Waals surface area (Å²) in [5.41, 5.74) is 8.25. The van der Waals surface area contributed by atoms with E-state index >= 15 is 0 Å². The average molecular weight is 1120 g/mol. The Balaban J connectivity index is 1.05. The number of aryl methyl sites for hydroxylation is 4. The van der Waals surface area contributed by atoms with E-state index in [1.54, 1.807) is 0 Å². The third-order valence-electron chi connectivity index (χ3n) is 15.6. The van der Waals surface area contributed by atoms with Crippen LogP contribution in [0.1, 0.15) is 219 Å². The molecule has 8 nitrogen and oxygen atoms in total. The number of ether oxygens (including phenoxy) is 4. The number of hydrogen-bond donors (Lipinski definition) is 0. The normalized spacial score (nSPS) is 12.3. The molecule has 0 saturated carbocycles. The predicted molar refractivity (Wildman–Crippen MR) is 339 cm³/mol. The van der Waals surface area contributed by atoms with Crippen molar-refractivity contribution in [1.82, 2.24) is 0 Å². The van der Waals surface area contributed by atoms with Gasteiger partial charge in [-0.1, -0.05) is 95.2 Å². The summed E-state index contributed by atoms with van der Waals surface area (Å²) < 4.78 is 35.2. The zero-order chi connectivity index (χ0) is 58.9. The molecule has 0 spiro atoms. The first-order valence-corrected chi connectivity index (χ1v) is 31.7. The van der Waals surface area contributed by atoms with Crippen molar-refractivity contribution in [3.63, 3.8) is 0 Å². The first kappa shape index (κ1) is 65.1. The van der Waals surface area contributed by atoms with Gasteiger partial charge in [-0.15, -0.1) is 0 Å². The molecule has 444 valence electrons. The van der Waals surface area contributed by atoms with Crippen LogP contribution in [0, 0.1) is 0 Å². The fourth-order valence-corrected chi connectivity index (χ4v) is 10.1. The van der Waals surface area contributed by atoms with Crippen molar-refractivity contribution >= 4 is 12.2 Å². The third kappa shape index (κ3) is 24.4. The van der Waals surface area contributed by atoms with Crippen molar-refractivity contribution in [3.05, 3.63) is 168 Å². The molecule has 0 atom stereocenters. The quantitative estimate of drug-likeness (QED) is 0.0230. The first-order chi connectivity index (χ1) is 39.2. The molecule has 0 amide bonds. The Labute approximate surface area is 498 Å². The lowest BCUT2D eigenvalue weighted by atomic mass is 9.88. The summed E-state index contributed by atoms with van der Waals surface area (Å²) in [6.45, 7) is 34.1. The molecule has 8 heteroatoms. The number of aromatic nitrogens is 4. The molecule has 0 bridgehead atoms. The number of pyridine rings is 4. The van der Waals surface area contributed by atoms with Gasteiger partial charge in [-0.2, -0.15) is 0 Å². The molecule has 0 aliphatic carbocycles. The molecule has 0 unspecified atom stereocenters. The van der Waals surface area contributed by atoms with E-state index in [0.29, 0.717) is 26.4 Å². The van der Waals surface area contributed by atoms with Gasteiger partial charge in [0, 0.05) is 86.3 Å². The van der Waals surface area contributed by atoms with E-state index in [-0.39, 0.29) is 21.7 Å². The Morgan fingerprint density at radius 2 is 0.463 bits per heavy atom. The maximum absolute atomic E-state index is 6.49. The third-order valence-corrected chi connectivity index (χ3v) is 15.6. The highest BCUT2D eigenvalue weighted by molar-refractivity contribution is 5.72. The molecule has 82 heavy (non-hydrogen) atoms. The Morgan fingerprint density at radius 3 is 0.659 bits per heavy atom. The maximum Gasteiger partial charge on any atom is 0.169 e. The molecular formula is C74H108N4O4+4. The van der Waals surface area contributed by atoms with Crippen LogP contribution in [0.4, 0.5) is 0 Å². The summed E-state index contributed by atoms with van der Waals surface area (Å²) in [7, 11) is 0. The van der Waals surface area contributed by atoms with Crippen molar-refractivity contribution < 1.29 is 37.2 Å². The molecule has 0 aliphatic rings. The van der Waals surface area contributed by atoms with E-state index in [0.717, 1.165) is 137 Å². The van der Waals surface area contributed by atoms with Gasteiger partial charge < -0.3 is 18.9 Å². The minimum atomic E-state index is 0.170. The molecule has 0 radical (unpaired) electrons. The maximum atomic E-state index is 6.49. The van der Waals surface area contributed by atoms with Gasteiger partial charge in [0.15, 0.2) is 49.6 Å². The van der Waals surface area contributed by atoms with Crippen molar-refractivity contribution in [3.8, 4) is 23.0 Å². The zero-order valence-corrected chi connectivity index (χ0v) is 53.2. The second kappa shape index (κ2) is 32.7. The van der Waals surface area contributed by atoms with E-state index in [1.165, 1.54) is 47.9 Å². The Kier molecular flexibility index (Phi) is 26.0. The van der Waals surface area contributed by atoms with E-state index in [2.05, 4.69) is 248 Å². The fraction of sp³-hybridized carbons (Fsp3) is 0.541. The summed E-state index contributed by atoms with van der Waals surface area (Å²) in [4.78, 5) is 0. The summed E-state index contributed by atoms with van der Waals surface area (Å²) in [6.07, 6.45) is 40.0. The Morgan fingerprint density at radius 1 is 0.268 bits per heavy atom. The SMILES string of the molecule is CC(C)(C)c1cc[n+](CCCCCCOc2cc(/C=C/c3cc(OCCCCCC[n+]4ccc(C(C)(C)C)cc4)cc(OCCCCCC[n+]4ccc(C(C)(C)C)cc4)c3)cc(OCCCCCC[n+]3ccc(C(C)(C)C)cc3)c2)cc1. The van der Waals surface area contributed by atoms with Crippen molar-refractivity contribution in [2.45, 2.75) is 234 Å². The lowest BCUT2D eigenvalue weighted by Gasteiger charge is -2.17. The van der Waals surface area contributed by atoms with Gasteiger partial charge in [-0.3, -0.25) is 0 Å². The Hall–Kier alpha value is -6.02. The average Bonchev–Trinajstić information content (AvgIpc) is 3.44. The largest absolute Gasteiger partial charge is 0.493 e. The van der Waals surface area contributed by atoms with Crippen molar-refractivity contribution in [1.29, 1.82) is 0 Å². The van der Waals surface area contributed by atoms with Crippen molar-refractivity contribution in [2.75, 3.05) is 26.4 Å². The van der Waals surface area contributed by atoms with Gasteiger partial charge in [0.25, 0.3) is 0 Å². The lowest BCUT2D eigenvalue weighted by Crippen LogP contribution is -2.33. The fourth-order valence-electron chi connectivity index (χ4n) is 10.1.